The van der Waals surface area contributed by atoms with Gasteiger partial charge in [-0.05, 0) is 0 Å². The first kappa shape index (κ1) is 11.8. The van der Waals surface area contributed by atoms with Gasteiger partial charge >= 0.3 is 0 Å². The lowest BCUT2D eigenvalue weighted by Crippen LogP contribution is -2.13. The average Bonchev–Trinajstić information content (AvgIpc) is 2.87. The van der Waals surface area contributed by atoms with Crippen molar-refractivity contribution < 1.29 is 4.79 Å². The molecule has 2 N–H and O–H groups in total. The Balaban J connectivity index is 2.11. The Morgan fingerprint density at radius 2 is 2.41 bits per heavy atom. The molecule has 0 fully saturated rings. The first-order chi connectivity index (χ1) is 8.06. The van der Waals surface area contributed by atoms with Gasteiger partial charge in [0.15, 0.2) is 5.69 Å². The Kier molecular flexibility index (Phi) is 3.23. The topological polar surface area (TPSA) is 73.8 Å². The first-order valence-corrected chi connectivity index (χ1v) is 6.13. The zero-order valence-electron chi connectivity index (χ0n) is 9.67. The number of carbonyl (C=O) groups excluding carboxylic acids is 1. The molecule has 0 aliphatic carbocycles. The second-order valence-electron chi connectivity index (χ2n) is 4.02. The molecule has 2 rings (SSSR count). The molecule has 0 saturated carbocycles. The number of thiazole rings is 1. The van der Waals surface area contributed by atoms with Crippen molar-refractivity contribution in [2.75, 3.05) is 0 Å². The molecule has 0 aromatic carbocycles. The number of nitrogens with zero attached hydrogens (tertiary/aromatic N) is 3. The van der Waals surface area contributed by atoms with E-state index in [0.717, 1.165) is 10.7 Å². The van der Waals surface area contributed by atoms with Crippen molar-refractivity contribution in [3.8, 4) is 0 Å². The molecule has 2 aromatic rings. The number of nitrogens with two attached hydrogens (primary N) is 1. The Hall–Kier alpha value is -1.69. The molecule has 1 amide bonds. The standard InChI is InChI=1S/C11H13N4OS/c1-7(2)11-13-8(6-17-11)5-15-4-3-9(14-15)10(12)16/h4,6-7H,5H2,1-2H3,(H2,12,16). The van der Waals surface area contributed by atoms with E-state index >= 15 is 0 Å². The van der Waals surface area contributed by atoms with Crippen LogP contribution in [0.15, 0.2) is 11.6 Å². The zero-order chi connectivity index (χ0) is 12.4. The third-order valence-corrected chi connectivity index (χ3v) is 3.39. The molecular weight excluding hydrogens is 236 g/mol. The molecule has 0 spiro atoms. The molecule has 17 heavy (non-hydrogen) atoms. The first-order valence-electron chi connectivity index (χ1n) is 5.25. The molecular formula is C11H13N4OS. The van der Waals surface area contributed by atoms with Crippen LogP contribution in [-0.2, 0) is 6.54 Å². The van der Waals surface area contributed by atoms with Gasteiger partial charge in [-0.2, -0.15) is 5.10 Å². The van der Waals surface area contributed by atoms with Gasteiger partial charge in [-0.15, -0.1) is 11.3 Å². The molecule has 5 nitrogen and oxygen atoms in total. The molecule has 0 saturated heterocycles. The van der Waals surface area contributed by atoms with Crippen LogP contribution < -0.4 is 5.73 Å². The van der Waals surface area contributed by atoms with Gasteiger partial charge in [-0.3, -0.25) is 9.48 Å². The van der Waals surface area contributed by atoms with Gasteiger partial charge in [-0.1, -0.05) is 13.8 Å². The second kappa shape index (κ2) is 4.67. The smallest absolute Gasteiger partial charge is 0.269 e. The molecule has 0 unspecified atom stereocenters. The highest BCUT2D eigenvalue weighted by molar-refractivity contribution is 7.09. The van der Waals surface area contributed by atoms with E-state index < -0.39 is 5.91 Å². The van der Waals surface area contributed by atoms with Gasteiger partial charge in [0.2, 0.25) is 0 Å². The maximum Gasteiger partial charge on any atom is 0.269 e. The van der Waals surface area contributed by atoms with Crippen molar-refractivity contribution in [2.24, 2.45) is 5.73 Å². The molecule has 89 valence electrons. The summed E-state index contributed by atoms with van der Waals surface area (Å²) in [6.07, 6.45) is 1.61. The zero-order valence-corrected chi connectivity index (χ0v) is 10.5. The lowest BCUT2D eigenvalue weighted by Gasteiger charge is -1.98. The maximum absolute atomic E-state index is 10.9. The summed E-state index contributed by atoms with van der Waals surface area (Å²) in [7, 11) is 0. The molecule has 2 aromatic heterocycles. The Bertz CT molecular complexity index is 529. The van der Waals surface area contributed by atoms with E-state index in [1.165, 1.54) is 0 Å². The van der Waals surface area contributed by atoms with Crippen LogP contribution in [-0.4, -0.2) is 20.7 Å². The van der Waals surface area contributed by atoms with Crippen LogP contribution in [0, 0.1) is 6.07 Å². The van der Waals surface area contributed by atoms with E-state index in [2.05, 4.69) is 30.0 Å². The summed E-state index contributed by atoms with van der Waals surface area (Å²) in [6.45, 7) is 4.75. The van der Waals surface area contributed by atoms with Gasteiger partial charge in [0.25, 0.3) is 5.91 Å². The van der Waals surface area contributed by atoms with Crippen molar-refractivity contribution in [1.29, 1.82) is 0 Å². The number of carbonyl (C=O) groups is 1. The minimum atomic E-state index is -0.565. The highest BCUT2D eigenvalue weighted by atomic mass is 32.1. The minimum absolute atomic E-state index is 0.157. The third kappa shape index (κ3) is 2.71. The summed E-state index contributed by atoms with van der Waals surface area (Å²) in [5.41, 5.74) is 6.20. The van der Waals surface area contributed by atoms with Crippen LogP contribution in [0.1, 0.15) is 41.0 Å². The number of primary amides is 1. The summed E-state index contributed by atoms with van der Waals surface area (Å²) in [6, 6.07) is 2.71. The highest BCUT2D eigenvalue weighted by Gasteiger charge is 2.08. The molecule has 1 radical (unpaired) electrons. The molecule has 0 bridgehead atoms. The lowest BCUT2D eigenvalue weighted by atomic mass is 10.2. The number of amides is 1. The Morgan fingerprint density at radius 3 is 2.94 bits per heavy atom. The van der Waals surface area contributed by atoms with Crippen LogP contribution in [0.3, 0.4) is 0 Å². The fraction of sp³-hybridized carbons (Fsp3) is 0.364. The SMILES string of the molecule is CC(C)c1nc(Cn2c[c]c(C(N)=O)n2)cs1. The highest BCUT2D eigenvalue weighted by Crippen LogP contribution is 2.19. The number of hydrogen-bond acceptors (Lipinski definition) is 4. The lowest BCUT2D eigenvalue weighted by molar-refractivity contribution is 0.0994. The summed E-state index contributed by atoms with van der Waals surface area (Å²) in [4.78, 5) is 15.3. The van der Waals surface area contributed by atoms with Crippen molar-refractivity contribution >= 4 is 17.2 Å². The number of aromatic nitrogens is 3. The summed E-state index contributed by atoms with van der Waals surface area (Å²) >= 11 is 1.64. The van der Waals surface area contributed by atoms with E-state index in [-0.39, 0.29) is 5.69 Å². The van der Waals surface area contributed by atoms with Crippen molar-refractivity contribution in [2.45, 2.75) is 26.3 Å². The predicted molar refractivity (Wildman–Crippen MR) is 64.9 cm³/mol. The third-order valence-electron chi connectivity index (χ3n) is 2.20. The number of rotatable bonds is 4. The van der Waals surface area contributed by atoms with Gasteiger partial charge in [0, 0.05) is 23.6 Å². The molecule has 0 aliphatic heterocycles. The summed E-state index contributed by atoms with van der Waals surface area (Å²) < 4.78 is 1.61. The fourth-order valence-electron chi connectivity index (χ4n) is 1.35. The van der Waals surface area contributed by atoms with Crippen molar-refractivity contribution in [3.05, 3.63) is 34.0 Å². The van der Waals surface area contributed by atoms with Crippen molar-refractivity contribution in [3.63, 3.8) is 0 Å². The second-order valence-corrected chi connectivity index (χ2v) is 4.91. The maximum atomic E-state index is 10.9. The van der Waals surface area contributed by atoms with E-state index in [0.29, 0.717) is 12.5 Å². The largest absolute Gasteiger partial charge is 0.364 e. The van der Waals surface area contributed by atoms with Gasteiger partial charge in [-0.25, -0.2) is 4.98 Å². The monoisotopic (exact) mass is 249 g/mol. The van der Waals surface area contributed by atoms with E-state index in [9.17, 15) is 4.79 Å². The number of hydrogen-bond donors (Lipinski definition) is 1. The van der Waals surface area contributed by atoms with E-state index in [1.807, 2.05) is 5.38 Å². The predicted octanol–water partition coefficient (Wildman–Crippen LogP) is 1.41. The molecule has 6 heteroatoms. The summed E-state index contributed by atoms with van der Waals surface area (Å²) in [5, 5.41) is 7.11. The average molecular weight is 249 g/mol. The van der Waals surface area contributed by atoms with Gasteiger partial charge in [0.05, 0.1) is 17.2 Å². The molecule has 0 aliphatic rings. The fourth-order valence-corrected chi connectivity index (χ4v) is 2.18. The summed E-state index contributed by atoms with van der Waals surface area (Å²) in [5.74, 6) is -0.135. The van der Waals surface area contributed by atoms with E-state index in [1.54, 1.807) is 22.2 Å². The van der Waals surface area contributed by atoms with Gasteiger partial charge < -0.3 is 5.73 Å². The van der Waals surface area contributed by atoms with Crippen LogP contribution in [0.4, 0.5) is 0 Å². The van der Waals surface area contributed by atoms with Crippen LogP contribution in [0.5, 0.6) is 0 Å². The molecule has 0 atom stereocenters. The molecule has 2 heterocycles. The van der Waals surface area contributed by atoms with Crippen LogP contribution in [0.2, 0.25) is 0 Å². The Labute approximate surface area is 103 Å². The van der Waals surface area contributed by atoms with Crippen molar-refractivity contribution in [1.82, 2.24) is 14.8 Å². The van der Waals surface area contributed by atoms with E-state index in [4.69, 9.17) is 5.73 Å². The van der Waals surface area contributed by atoms with Crippen LogP contribution >= 0.6 is 11.3 Å². The quantitative estimate of drug-likeness (QED) is 0.890. The minimum Gasteiger partial charge on any atom is -0.364 e. The normalized spacial score (nSPS) is 11.0. The van der Waals surface area contributed by atoms with Crippen LogP contribution in [0.25, 0.3) is 0 Å². The van der Waals surface area contributed by atoms with Gasteiger partial charge in [0.1, 0.15) is 0 Å². The Morgan fingerprint density at radius 1 is 1.65 bits per heavy atom.